The molecule has 0 radical (unpaired) electrons. The van der Waals surface area contributed by atoms with Gasteiger partial charge in [-0.05, 0) is 84.2 Å². The van der Waals surface area contributed by atoms with E-state index in [1.54, 1.807) is 0 Å². The highest BCUT2D eigenvalue weighted by Gasteiger charge is 2.31. The lowest BCUT2D eigenvalue weighted by Crippen LogP contribution is -2.50. The molecule has 3 rings (SSSR count). The second-order valence-electron chi connectivity index (χ2n) is 6.70. The smallest absolute Gasteiger partial charge is 0.0249 e. The summed E-state index contributed by atoms with van der Waals surface area (Å²) in [6.07, 6.45) is 11.3. The number of nitrogens with one attached hydrogen (secondary N) is 1. The van der Waals surface area contributed by atoms with Gasteiger partial charge in [-0.2, -0.15) is 0 Å². The zero-order chi connectivity index (χ0) is 12.9. The minimum absolute atomic E-state index is 0.798. The van der Waals surface area contributed by atoms with Gasteiger partial charge in [0.2, 0.25) is 0 Å². The monoisotopic (exact) mass is 265 g/mol. The van der Waals surface area contributed by atoms with Gasteiger partial charge in [0.05, 0.1) is 0 Å². The van der Waals surface area contributed by atoms with Crippen molar-refractivity contribution in [3.8, 4) is 0 Å². The van der Waals surface area contributed by atoms with E-state index in [0.29, 0.717) is 0 Å². The number of nitrogens with zero attached hydrogens (tertiary/aromatic N) is 2. The van der Waals surface area contributed by atoms with E-state index in [0.717, 1.165) is 12.1 Å². The molecule has 1 N–H and O–H groups in total. The van der Waals surface area contributed by atoms with E-state index in [1.807, 2.05) is 0 Å². The number of rotatable bonds is 5. The molecular formula is C16H31N3. The van der Waals surface area contributed by atoms with Crippen LogP contribution in [-0.2, 0) is 0 Å². The van der Waals surface area contributed by atoms with Gasteiger partial charge in [0.1, 0.15) is 0 Å². The second kappa shape index (κ2) is 7.05. The van der Waals surface area contributed by atoms with Gasteiger partial charge in [0, 0.05) is 12.1 Å². The summed E-state index contributed by atoms with van der Waals surface area (Å²) in [5.74, 6) is 0. The summed E-state index contributed by atoms with van der Waals surface area (Å²) in [5, 5.41) is 3.74. The first kappa shape index (κ1) is 13.8. The Labute approximate surface area is 118 Å². The molecule has 2 unspecified atom stereocenters. The summed E-state index contributed by atoms with van der Waals surface area (Å²) < 4.78 is 0. The topological polar surface area (TPSA) is 18.5 Å². The Bertz CT molecular complexity index is 257. The van der Waals surface area contributed by atoms with Crippen LogP contribution in [0.1, 0.15) is 51.4 Å². The van der Waals surface area contributed by atoms with Crippen LogP contribution in [0.5, 0.6) is 0 Å². The van der Waals surface area contributed by atoms with Crippen molar-refractivity contribution in [1.29, 1.82) is 0 Å². The predicted octanol–water partition coefficient (Wildman–Crippen LogP) is 2.08. The van der Waals surface area contributed by atoms with Gasteiger partial charge in [-0.15, -0.1) is 0 Å². The molecule has 3 aliphatic heterocycles. The maximum absolute atomic E-state index is 3.74. The first-order valence-electron chi connectivity index (χ1n) is 8.63. The molecule has 110 valence electrons. The number of hydrogen-bond donors (Lipinski definition) is 1. The Morgan fingerprint density at radius 2 is 1.68 bits per heavy atom. The Balaban J connectivity index is 1.43. The maximum atomic E-state index is 3.74. The van der Waals surface area contributed by atoms with E-state index in [9.17, 15) is 0 Å². The van der Waals surface area contributed by atoms with Crippen LogP contribution in [0.15, 0.2) is 0 Å². The van der Waals surface area contributed by atoms with Crippen molar-refractivity contribution in [3.63, 3.8) is 0 Å². The second-order valence-corrected chi connectivity index (χ2v) is 6.70. The van der Waals surface area contributed by atoms with E-state index in [4.69, 9.17) is 0 Å². The fraction of sp³-hybridized carbons (Fsp3) is 1.00. The van der Waals surface area contributed by atoms with Crippen LogP contribution in [0.3, 0.4) is 0 Å². The minimum Gasteiger partial charge on any atom is -0.312 e. The van der Waals surface area contributed by atoms with Crippen molar-refractivity contribution in [3.05, 3.63) is 0 Å². The molecule has 0 saturated carbocycles. The lowest BCUT2D eigenvalue weighted by Gasteiger charge is -2.39. The van der Waals surface area contributed by atoms with E-state index < -0.39 is 0 Å². The molecule has 2 atom stereocenters. The predicted molar refractivity (Wildman–Crippen MR) is 80.5 cm³/mol. The molecule has 0 aromatic rings. The Kier molecular flexibility index (Phi) is 5.14. The third-order valence-corrected chi connectivity index (χ3v) is 5.35. The van der Waals surface area contributed by atoms with E-state index in [-0.39, 0.29) is 0 Å². The van der Waals surface area contributed by atoms with Crippen molar-refractivity contribution >= 4 is 0 Å². The molecule has 19 heavy (non-hydrogen) atoms. The highest BCUT2D eigenvalue weighted by atomic mass is 15.2. The standard InChI is InChI=1S/C16H31N3/c1-2-13-19(14-6-12-18-10-3-4-11-18)16(8-1)15-7-5-9-17-15/h15-17H,1-14H2. The third-order valence-electron chi connectivity index (χ3n) is 5.35. The molecule has 0 aromatic carbocycles. The summed E-state index contributed by atoms with van der Waals surface area (Å²) in [7, 11) is 0. The molecule has 0 aliphatic carbocycles. The van der Waals surface area contributed by atoms with Crippen LogP contribution in [0.2, 0.25) is 0 Å². The third kappa shape index (κ3) is 3.71. The molecule has 3 aliphatic rings. The lowest BCUT2D eigenvalue weighted by molar-refractivity contribution is 0.114. The molecule has 0 amide bonds. The van der Waals surface area contributed by atoms with Crippen molar-refractivity contribution < 1.29 is 0 Å². The van der Waals surface area contributed by atoms with Gasteiger partial charge in [0.25, 0.3) is 0 Å². The Hall–Kier alpha value is -0.120. The Morgan fingerprint density at radius 3 is 2.47 bits per heavy atom. The average molecular weight is 265 g/mol. The molecule has 0 spiro atoms. The van der Waals surface area contributed by atoms with E-state index in [1.165, 1.54) is 90.6 Å². The molecular weight excluding hydrogens is 234 g/mol. The molecule has 0 aromatic heterocycles. The zero-order valence-electron chi connectivity index (χ0n) is 12.4. The summed E-state index contributed by atoms with van der Waals surface area (Å²) in [5.41, 5.74) is 0. The van der Waals surface area contributed by atoms with Gasteiger partial charge < -0.3 is 10.2 Å². The molecule has 3 heterocycles. The van der Waals surface area contributed by atoms with Crippen molar-refractivity contribution in [2.24, 2.45) is 0 Å². The quantitative estimate of drug-likeness (QED) is 0.821. The van der Waals surface area contributed by atoms with Gasteiger partial charge in [-0.1, -0.05) is 6.42 Å². The van der Waals surface area contributed by atoms with Crippen LogP contribution in [0.4, 0.5) is 0 Å². The van der Waals surface area contributed by atoms with Crippen molar-refractivity contribution in [1.82, 2.24) is 15.1 Å². The highest BCUT2D eigenvalue weighted by Crippen LogP contribution is 2.24. The van der Waals surface area contributed by atoms with Crippen molar-refractivity contribution in [2.75, 3.05) is 39.3 Å². The van der Waals surface area contributed by atoms with Crippen molar-refractivity contribution in [2.45, 2.75) is 63.5 Å². The van der Waals surface area contributed by atoms with Gasteiger partial charge in [-0.25, -0.2) is 0 Å². The summed E-state index contributed by atoms with van der Waals surface area (Å²) in [6.45, 7) is 7.98. The minimum atomic E-state index is 0.798. The SMILES string of the molecule is C1CNC(C2CCCCN2CCCN2CCCC2)C1. The fourth-order valence-corrected chi connectivity index (χ4v) is 4.29. The van der Waals surface area contributed by atoms with Crippen LogP contribution in [-0.4, -0.2) is 61.2 Å². The fourth-order valence-electron chi connectivity index (χ4n) is 4.29. The van der Waals surface area contributed by atoms with Gasteiger partial charge in [-0.3, -0.25) is 4.90 Å². The highest BCUT2D eigenvalue weighted by molar-refractivity contribution is 4.90. The largest absolute Gasteiger partial charge is 0.312 e. The lowest BCUT2D eigenvalue weighted by atomic mass is 9.94. The summed E-state index contributed by atoms with van der Waals surface area (Å²) in [4.78, 5) is 5.47. The Morgan fingerprint density at radius 1 is 0.842 bits per heavy atom. The molecule has 3 saturated heterocycles. The molecule has 3 fully saturated rings. The molecule has 3 heteroatoms. The number of hydrogen-bond acceptors (Lipinski definition) is 3. The first-order chi connectivity index (χ1) is 9.43. The number of piperidine rings is 1. The van der Waals surface area contributed by atoms with Crippen LogP contribution >= 0.6 is 0 Å². The number of likely N-dealkylation sites (tertiary alicyclic amines) is 2. The van der Waals surface area contributed by atoms with Crippen LogP contribution in [0, 0.1) is 0 Å². The normalized spacial score (nSPS) is 34.1. The first-order valence-corrected chi connectivity index (χ1v) is 8.63. The van der Waals surface area contributed by atoms with Gasteiger partial charge in [0.15, 0.2) is 0 Å². The van der Waals surface area contributed by atoms with E-state index >= 15 is 0 Å². The summed E-state index contributed by atoms with van der Waals surface area (Å²) in [6, 6.07) is 1.64. The maximum Gasteiger partial charge on any atom is 0.0249 e. The van der Waals surface area contributed by atoms with Gasteiger partial charge >= 0.3 is 0 Å². The molecule has 3 nitrogen and oxygen atoms in total. The van der Waals surface area contributed by atoms with Crippen LogP contribution in [0.25, 0.3) is 0 Å². The summed E-state index contributed by atoms with van der Waals surface area (Å²) >= 11 is 0. The zero-order valence-corrected chi connectivity index (χ0v) is 12.4. The van der Waals surface area contributed by atoms with Crippen LogP contribution < -0.4 is 5.32 Å². The van der Waals surface area contributed by atoms with E-state index in [2.05, 4.69) is 15.1 Å². The molecule has 0 bridgehead atoms. The average Bonchev–Trinajstić information content (AvgIpc) is 3.12.